The number of halogens is 5. The molecular weight excluding hydrogens is 503 g/mol. The van der Waals surface area contributed by atoms with Gasteiger partial charge in [-0.1, -0.05) is 62.1 Å². The van der Waals surface area contributed by atoms with E-state index in [2.05, 4.69) is 4.74 Å². The monoisotopic (exact) mass is 532 g/mol. The van der Waals surface area contributed by atoms with Gasteiger partial charge in [-0.05, 0) is 77.8 Å². The Morgan fingerprint density at radius 3 is 1.68 bits per heavy atom. The number of benzene rings is 3. The SMILES string of the molecule is FC(F)(F)Oc1ccc(OC(F)(F)c2ccc(-c3ccc(C4CCC(C5CCCC5)CO4)cc3)cc2)cc1. The molecule has 5 rings (SSSR count). The van der Waals surface area contributed by atoms with Crippen LogP contribution >= 0.6 is 0 Å². The number of hydrogen-bond acceptors (Lipinski definition) is 3. The van der Waals surface area contributed by atoms with E-state index in [1.165, 1.54) is 44.2 Å². The molecule has 1 aliphatic carbocycles. The third-order valence-electron chi connectivity index (χ3n) is 7.52. The minimum atomic E-state index is -4.86. The first-order chi connectivity index (χ1) is 18.2. The van der Waals surface area contributed by atoms with Crippen LogP contribution in [0.4, 0.5) is 22.0 Å². The summed E-state index contributed by atoms with van der Waals surface area (Å²) in [5.41, 5.74) is 2.42. The van der Waals surface area contributed by atoms with E-state index in [0.717, 1.165) is 59.9 Å². The first-order valence-electron chi connectivity index (χ1n) is 12.9. The summed E-state index contributed by atoms with van der Waals surface area (Å²) in [6.45, 7) is 0.820. The molecule has 2 unspecified atom stereocenters. The normalized spacial score (nSPS) is 20.9. The summed E-state index contributed by atoms with van der Waals surface area (Å²) in [7, 11) is 0. The molecular formula is C30H29F5O3. The van der Waals surface area contributed by atoms with Gasteiger partial charge >= 0.3 is 12.5 Å². The highest BCUT2D eigenvalue weighted by Gasteiger charge is 2.35. The van der Waals surface area contributed by atoms with E-state index >= 15 is 0 Å². The maximum atomic E-state index is 14.7. The van der Waals surface area contributed by atoms with Gasteiger partial charge in [0.2, 0.25) is 0 Å². The number of alkyl halides is 5. The topological polar surface area (TPSA) is 27.7 Å². The zero-order chi connectivity index (χ0) is 26.8. The van der Waals surface area contributed by atoms with Crippen molar-refractivity contribution in [1.29, 1.82) is 0 Å². The lowest BCUT2D eigenvalue weighted by Crippen LogP contribution is -2.25. The Labute approximate surface area is 218 Å². The van der Waals surface area contributed by atoms with Crippen molar-refractivity contribution in [1.82, 2.24) is 0 Å². The van der Waals surface area contributed by atoms with Crippen molar-refractivity contribution in [2.75, 3.05) is 6.61 Å². The summed E-state index contributed by atoms with van der Waals surface area (Å²) in [5, 5.41) is 0. The van der Waals surface area contributed by atoms with Crippen LogP contribution in [0.1, 0.15) is 55.8 Å². The average molecular weight is 533 g/mol. The summed E-state index contributed by atoms with van der Waals surface area (Å²) >= 11 is 0. The van der Waals surface area contributed by atoms with Gasteiger partial charge in [0.15, 0.2) is 0 Å². The van der Waals surface area contributed by atoms with Crippen molar-refractivity contribution in [3.8, 4) is 22.6 Å². The highest BCUT2D eigenvalue weighted by atomic mass is 19.4. The second-order valence-corrected chi connectivity index (χ2v) is 10.0. The van der Waals surface area contributed by atoms with Gasteiger partial charge in [0.25, 0.3) is 0 Å². The molecule has 1 saturated carbocycles. The van der Waals surface area contributed by atoms with Crippen LogP contribution in [0.25, 0.3) is 11.1 Å². The summed E-state index contributed by atoms with van der Waals surface area (Å²) in [4.78, 5) is 0. The molecule has 1 heterocycles. The van der Waals surface area contributed by atoms with Crippen molar-refractivity contribution < 1.29 is 36.2 Å². The molecule has 3 nitrogen and oxygen atoms in total. The van der Waals surface area contributed by atoms with Crippen molar-refractivity contribution in [2.24, 2.45) is 11.8 Å². The number of hydrogen-bond donors (Lipinski definition) is 0. The Bertz CT molecular complexity index is 1180. The Balaban J connectivity index is 1.18. The molecule has 0 radical (unpaired) electrons. The Morgan fingerprint density at radius 2 is 1.16 bits per heavy atom. The highest BCUT2D eigenvalue weighted by Crippen LogP contribution is 2.40. The lowest BCUT2D eigenvalue weighted by molar-refractivity contribution is -0.274. The fraction of sp³-hybridized carbons (Fsp3) is 0.400. The molecule has 0 aromatic heterocycles. The van der Waals surface area contributed by atoms with Gasteiger partial charge in [-0.2, -0.15) is 8.78 Å². The third-order valence-corrected chi connectivity index (χ3v) is 7.52. The smallest absolute Gasteiger partial charge is 0.429 e. The van der Waals surface area contributed by atoms with E-state index < -0.39 is 18.2 Å². The molecule has 2 atom stereocenters. The van der Waals surface area contributed by atoms with Gasteiger partial charge < -0.3 is 14.2 Å². The summed E-state index contributed by atoms with van der Waals surface area (Å²) < 4.78 is 80.9. The first-order valence-corrected chi connectivity index (χ1v) is 12.9. The van der Waals surface area contributed by atoms with Gasteiger partial charge in [-0.3, -0.25) is 0 Å². The lowest BCUT2D eigenvalue weighted by Gasteiger charge is -2.32. The fourth-order valence-corrected chi connectivity index (χ4v) is 5.50. The van der Waals surface area contributed by atoms with Crippen LogP contribution < -0.4 is 9.47 Å². The van der Waals surface area contributed by atoms with Crippen LogP contribution in [0.2, 0.25) is 0 Å². The number of rotatable bonds is 7. The van der Waals surface area contributed by atoms with Crippen molar-refractivity contribution in [2.45, 2.75) is 57.1 Å². The fourth-order valence-electron chi connectivity index (χ4n) is 5.50. The molecule has 0 amide bonds. The molecule has 2 aliphatic rings. The van der Waals surface area contributed by atoms with E-state index in [1.54, 1.807) is 12.1 Å². The average Bonchev–Trinajstić information content (AvgIpc) is 3.44. The van der Waals surface area contributed by atoms with Gasteiger partial charge in [0.05, 0.1) is 18.3 Å². The molecule has 0 bridgehead atoms. The molecule has 2 fully saturated rings. The van der Waals surface area contributed by atoms with Gasteiger partial charge in [-0.15, -0.1) is 13.2 Å². The quantitative estimate of drug-likeness (QED) is 0.284. The summed E-state index contributed by atoms with van der Waals surface area (Å²) in [5.74, 6) is 0.685. The van der Waals surface area contributed by atoms with Crippen LogP contribution in [-0.4, -0.2) is 13.0 Å². The van der Waals surface area contributed by atoms with Crippen molar-refractivity contribution in [3.05, 3.63) is 83.9 Å². The van der Waals surface area contributed by atoms with Crippen LogP contribution in [0.15, 0.2) is 72.8 Å². The van der Waals surface area contributed by atoms with Gasteiger partial charge in [0.1, 0.15) is 11.5 Å². The molecule has 0 N–H and O–H groups in total. The zero-order valence-corrected chi connectivity index (χ0v) is 20.7. The molecule has 1 saturated heterocycles. The molecule has 0 spiro atoms. The second kappa shape index (κ2) is 10.9. The van der Waals surface area contributed by atoms with E-state index in [-0.39, 0.29) is 17.4 Å². The van der Waals surface area contributed by atoms with Crippen LogP contribution in [0.5, 0.6) is 11.5 Å². The van der Waals surface area contributed by atoms with Crippen molar-refractivity contribution in [3.63, 3.8) is 0 Å². The zero-order valence-electron chi connectivity index (χ0n) is 20.7. The predicted octanol–water partition coefficient (Wildman–Crippen LogP) is 9.04. The Kier molecular flexibility index (Phi) is 7.61. The molecule has 8 heteroatoms. The number of ether oxygens (including phenoxy) is 3. The predicted molar refractivity (Wildman–Crippen MR) is 133 cm³/mol. The second-order valence-electron chi connectivity index (χ2n) is 10.0. The maximum Gasteiger partial charge on any atom is 0.573 e. The Hall–Kier alpha value is -3.13. The molecule has 3 aromatic carbocycles. The van der Waals surface area contributed by atoms with E-state index in [4.69, 9.17) is 9.47 Å². The van der Waals surface area contributed by atoms with E-state index in [1.807, 2.05) is 24.3 Å². The van der Waals surface area contributed by atoms with Crippen LogP contribution in [-0.2, 0) is 10.8 Å². The maximum absolute atomic E-state index is 14.7. The van der Waals surface area contributed by atoms with Gasteiger partial charge in [-0.25, -0.2) is 0 Å². The minimum absolute atomic E-state index is 0.0917. The molecule has 3 aromatic rings. The largest absolute Gasteiger partial charge is 0.573 e. The van der Waals surface area contributed by atoms with E-state index in [0.29, 0.717) is 5.92 Å². The summed E-state index contributed by atoms with van der Waals surface area (Å²) in [6.07, 6.45) is -0.890. The molecule has 1 aliphatic heterocycles. The van der Waals surface area contributed by atoms with Crippen LogP contribution in [0, 0.1) is 11.8 Å². The standard InChI is InChI=1S/C30H29F5O3/c31-29(32,37-26-14-16-27(17-15-26)38-30(33,34)35)25-12-9-22(10-13-25)21-5-7-23(8-6-21)28-18-11-24(19-36-28)20-3-1-2-4-20/h5-10,12-17,20,24,28H,1-4,11,18-19H2. The first kappa shape index (κ1) is 26.5. The minimum Gasteiger partial charge on any atom is -0.429 e. The lowest BCUT2D eigenvalue weighted by atomic mass is 9.84. The highest BCUT2D eigenvalue weighted by molar-refractivity contribution is 5.64. The molecule has 38 heavy (non-hydrogen) atoms. The third kappa shape index (κ3) is 6.46. The van der Waals surface area contributed by atoms with Gasteiger partial charge in [0, 0.05) is 0 Å². The van der Waals surface area contributed by atoms with Crippen LogP contribution in [0.3, 0.4) is 0 Å². The summed E-state index contributed by atoms with van der Waals surface area (Å²) in [6, 6.07) is 17.6. The molecule has 202 valence electrons. The van der Waals surface area contributed by atoms with Crippen molar-refractivity contribution >= 4 is 0 Å². The van der Waals surface area contributed by atoms with E-state index in [9.17, 15) is 22.0 Å². The Morgan fingerprint density at radius 1 is 0.605 bits per heavy atom.